The Morgan fingerprint density at radius 2 is 1.26 bits per heavy atom. The third kappa shape index (κ3) is 22.4. The average molecular weight is 574 g/mol. The second kappa shape index (κ2) is 23.7. The molecule has 8 heteroatoms. The molecule has 0 saturated carbocycles. The molecule has 0 aromatic rings. The molecule has 3 atom stereocenters. The number of carbonyl (C=O) groups is 1. The summed E-state index contributed by atoms with van der Waals surface area (Å²) in [6.45, 7) is 3.37. The Kier molecular flexibility index (Phi) is 23.1. The lowest BCUT2D eigenvalue weighted by molar-refractivity contribution is -0.884. The van der Waals surface area contributed by atoms with Gasteiger partial charge in [-0.15, -0.1) is 0 Å². The predicted molar refractivity (Wildman–Crippen MR) is 160 cm³/mol. The zero-order valence-electron chi connectivity index (χ0n) is 25.8. The summed E-state index contributed by atoms with van der Waals surface area (Å²) >= 11 is 0. The van der Waals surface area contributed by atoms with Crippen molar-refractivity contribution in [1.82, 2.24) is 0 Å². The van der Waals surface area contributed by atoms with Gasteiger partial charge in [0.25, 0.3) is 0 Å². The summed E-state index contributed by atoms with van der Waals surface area (Å²) in [5.41, 5.74) is 0. The van der Waals surface area contributed by atoms with Gasteiger partial charge in [-0.2, -0.15) is 0 Å². The molecule has 0 aliphatic heterocycles. The van der Waals surface area contributed by atoms with Gasteiger partial charge in [0.1, 0.15) is 12.7 Å². The van der Waals surface area contributed by atoms with Crippen molar-refractivity contribution in [3.8, 4) is 0 Å². The maximum atomic E-state index is 12.4. The largest absolute Gasteiger partial charge is 0.774 e. The van der Waals surface area contributed by atoms with Crippen molar-refractivity contribution < 1.29 is 33.1 Å². The molecule has 230 valence electrons. The van der Waals surface area contributed by atoms with E-state index in [1.807, 2.05) is 0 Å². The quantitative estimate of drug-likeness (QED) is 0.0384. The van der Waals surface area contributed by atoms with E-state index in [9.17, 15) is 19.4 Å². The first kappa shape index (κ1) is 38.0. The number of aliphatic hydroxyl groups is 1. The fourth-order valence-electron chi connectivity index (χ4n) is 4.53. The highest BCUT2D eigenvalue weighted by atomic mass is 31.2. The fourth-order valence-corrected chi connectivity index (χ4v) is 6.38. The zero-order valence-corrected chi connectivity index (χ0v) is 26.7. The van der Waals surface area contributed by atoms with Crippen LogP contribution < -0.4 is 4.89 Å². The summed E-state index contributed by atoms with van der Waals surface area (Å²) in [6.07, 6.45) is 26.6. The Morgan fingerprint density at radius 3 is 1.74 bits per heavy atom. The van der Waals surface area contributed by atoms with E-state index in [0.717, 1.165) is 25.7 Å². The zero-order chi connectivity index (χ0) is 29.4. The number of carbonyl (C=O) groups excluding carboxylic acids is 1. The normalized spacial score (nSPS) is 15.6. The van der Waals surface area contributed by atoms with Crippen molar-refractivity contribution in [3.05, 3.63) is 24.3 Å². The van der Waals surface area contributed by atoms with Crippen molar-refractivity contribution in [2.24, 2.45) is 0 Å². The Bertz CT molecular complexity index is 704. The van der Waals surface area contributed by atoms with Crippen LogP contribution in [0.4, 0.5) is 0 Å². The number of aliphatic hydroxyl groups excluding tert-OH is 1. The molecule has 0 bridgehead atoms. The molecule has 2 unspecified atom stereocenters. The van der Waals surface area contributed by atoms with Crippen LogP contribution >= 0.6 is 7.60 Å². The molecule has 0 saturated heterocycles. The van der Waals surface area contributed by atoms with Crippen LogP contribution in [0.2, 0.25) is 0 Å². The van der Waals surface area contributed by atoms with Crippen molar-refractivity contribution in [2.45, 2.75) is 135 Å². The van der Waals surface area contributed by atoms with E-state index in [1.54, 1.807) is 28.1 Å². The number of hydrogen-bond donors (Lipinski definition) is 1. The minimum atomic E-state index is -4.16. The number of nitrogens with zero attached hydrogens (tertiary/aromatic N) is 1. The van der Waals surface area contributed by atoms with E-state index >= 15 is 0 Å². The van der Waals surface area contributed by atoms with Crippen LogP contribution in [-0.2, 0) is 18.6 Å². The van der Waals surface area contributed by atoms with Crippen LogP contribution in [0.25, 0.3) is 0 Å². The van der Waals surface area contributed by atoms with Crippen molar-refractivity contribution >= 4 is 13.6 Å². The SMILES string of the molecule is CCCCC/C=C\CCCC/C=C\CCCCCCCCC(=O)OC[C@@H](O)COP(=O)([O-])C(CC)[N+](C)(C)C. The van der Waals surface area contributed by atoms with E-state index in [-0.39, 0.29) is 17.1 Å². The van der Waals surface area contributed by atoms with Crippen LogP contribution in [0.3, 0.4) is 0 Å². The average Bonchev–Trinajstić information content (AvgIpc) is 2.87. The molecule has 0 radical (unpaired) electrons. The van der Waals surface area contributed by atoms with Crippen molar-refractivity contribution in [2.75, 3.05) is 34.4 Å². The topological polar surface area (TPSA) is 95.9 Å². The van der Waals surface area contributed by atoms with Gasteiger partial charge >= 0.3 is 5.97 Å². The highest BCUT2D eigenvalue weighted by molar-refractivity contribution is 7.51. The first-order chi connectivity index (χ1) is 18.5. The highest BCUT2D eigenvalue weighted by Crippen LogP contribution is 2.47. The van der Waals surface area contributed by atoms with Crippen LogP contribution in [-0.4, -0.2) is 61.8 Å². The third-order valence-electron chi connectivity index (χ3n) is 6.81. The predicted octanol–water partition coefficient (Wildman–Crippen LogP) is 7.28. The van der Waals surface area contributed by atoms with E-state index in [2.05, 4.69) is 31.2 Å². The molecule has 0 aromatic carbocycles. The van der Waals surface area contributed by atoms with Gasteiger partial charge in [0.15, 0.2) is 13.4 Å². The second-order valence-corrected chi connectivity index (χ2v) is 13.5. The molecular weight excluding hydrogens is 513 g/mol. The molecule has 39 heavy (non-hydrogen) atoms. The molecule has 0 fully saturated rings. The van der Waals surface area contributed by atoms with E-state index in [0.29, 0.717) is 12.8 Å². The maximum Gasteiger partial charge on any atom is 0.305 e. The molecule has 0 rings (SSSR count). The molecule has 7 nitrogen and oxygen atoms in total. The van der Waals surface area contributed by atoms with Crippen LogP contribution in [0.15, 0.2) is 24.3 Å². The lowest BCUT2D eigenvalue weighted by Gasteiger charge is -2.41. The van der Waals surface area contributed by atoms with Gasteiger partial charge in [-0.1, -0.05) is 76.7 Å². The Morgan fingerprint density at radius 1 is 0.795 bits per heavy atom. The first-order valence-electron chi connectivity index (χ1n) is 15.4. The number of unbranched alkanes of at least 4 members (excludes halogenated alkanes) is 12. The molecule has 0 amide bonds. The number of allylic oxidation sites excluding steroid dienone is 4. The van der Waals surface area contributed by atoms with Crippen molar-refractivity contribution in [1.29, 1.82) is 0 Å². The maximum absolute atomic E-state index is 12.4. The molecule has 1 N–H and O–H groups in total. The number of quaternary nitrogens is 1. The number of esters is 1. The van der Waals surface area contributed by atoms with Gasteiger partial charge in [0.2, 0.25) is 0 Å². The summed E-state index contributed by atoms with van der Waals surface area (Å²) in [5, 5.41) is 9.98. The first-order valence-corrected chi connectivity index (χ1v) is 17.1. The Balaban J connectivity index is 3.65. The van der Waals surface area contributed by atoms with Crippen LogP contribution in [0, 0.1) is 0 Å². The lowest BCUT2D eigenvalue weighted by Crippen LogP contribution is -2.47. The van der Waals surface area contributed by atoms with Gasteiger partial charge in [-0.3, -0.25) is 4.79 Å². The summed E-state index contributed by atoms with van der Waals surface area (Å²) in [5.74, 6) is -1.07. The number of ether oxygens (including phenoxy) is 1. The smallest absolute Gasteiger partial charge is 0.305 e. The van der Waals surface area contributed by atoms with Gasteiger partial charge in [-0.25, -0.2) is 0 Å². The minimum Gasteiger partial charge on any atom is -0.774 e. The van der Waals surface area contributed by atoms with E-state index < -0.39 is 26.1 Å². The molecule has 0 aliphatic carbocycles. The fraction of sp³-hybridized carbons (Fsp3) is 0.839. The third-order valence-corrected chi connectivity index (χ3v) is 9.11. The monoisotopic (exact) mass is 573 g/mol. The van der Waals surface area contributed by atoms with Crippen LogP contribution in [0.5, 0.6) is 0 Å². The van der Waals surface area contributed by atoms with Gasteiger partial charge < -0.3 is 28.3 Å². The summed E-state index contributed by atoms with van der Waals surface area (Å²) in [6, 6.07) is 0. The standard InChI is InChI=1S/C31H60NO6P/c1-6-8-9-10-11-12-13-14-15-16-17-18-19-20-21-22-23-24-25-26-31(34)37-27-29(33)28-38-39(35,36)30(7-2)32(3,4)5/h11-12,17-18,29-30,33H,6-10,13-16,19-28H2,1-5H3/b12-11-,18-17-/t29-,30?/m1/s1. The molecule has 0 spiro atoms. The minimum absolute atomic E-state index is 0.219. The summed E-state index contributed by atoms with van der Waals surface area (Å²) in [4.78, 5) is 24.3. The van der Waals surface area contributed by atoms with Crippen LogP contribution in [0.1, 0.15) is 123 Å². The van der Waals surface area contributed by atoms with Gasteiger partial charge in [0.05, 0.1) is 27.7 Å². The number of hydrogen-bond acceptors (Lipinski definition) is 6. The van der Waals surface area contributed by atoms with Gasteiger partial charge in [-0.05, 0) is 57.8 Å². The Hall–Kier alpha value is -0.980. The molecule has 0 heterocycles. The summed E-state index contributed by atoms with van der Waals surface area (Å²) < 4.78 is 22.8. The lowest BCUT2D eigenvalue weighted by atomic mass is 10.1. The van der Waals surface area contributed by atoms with Crippen molar-refractivity contribution in [3.63, 3.8) is 0 Å². The van der Waals surface area contributed by atoms with E-state index in [4.69, 9.17) is 9.26 Å². The highest BCUT2D eigenvalue weighted by Gasteiger charge is 2.34. The van der Waals surface area contributed by atoms with E-state index in [1.165, 1.54) is 70.6 Å². The number of rotatable bonds is 26. The Labute approximate surface area is 240 Å². The molecular formula is C31H60NO6P. The molecule has 0 aliphatic rings. The summed E-state index contributed by atoms with van der Waals surface area (Å²) in [7, 11) is 1.21. The second-order valence-electron chi connectivity index (χ2n) is 11.6. The molecule has 0 aromatic heterocycles. The van der Waals surface area contributed by atoms with Gasteiger partial charge in [0, 0.05) is 12.8 Å².